The van der Waals surface area contributed by atoms with Crippen LogP contribution in [0.4, 0.5) is 11.4 Å². The minimum absolute atomic E-state index is 0.00394. The van der Waals surface area contributed by atoms with Crippen molar-refractivity contribution in [3.05, 3.63) is 95.6 Å². The first kappa shape index (κ1) is 19.9. The number of nitrogens with one attached hydrogen (secondary N) is 1. The summed E-state index contributed by atoms with van der Waals surface area (Å²) in [5.74, 6) is -0.236. The largest absolute Gasteiger partial charge is 0.325 e. The maximum atomic E-state index is 13.1. The fraction of sp³-hybridized carbons (Fsp3) is 0.231. The Morgan fingerprint density at radius 3 is 2.37 bits per heavy atom. The van der Waals surface area contributed by atoms with Crippen LogP contribution in [-0.4, -0.2) is 18.4 Å². The average molecular weight is 399 g/mol. The van der Waals surface area contributed by atoms with Crippen LogP contribution in [-0.2, 0) is 11.2 Å². The highest BCUT2D eigenvalue weighted by molar-refractivity contribution is 6.07. The summed E-state index contributed by atoms with van der Waals surface area (Å²) in [4.78, 5) is 27.9. The lowest BCUT2D eigenvalue weighted by Gasteiger charge is -2.30. The molecule has 3 aromatic carbocycles. The molecule has 1 N–H and O–H groups in total. The predicted octanol–water partition coefficient (Wildman–Crippen LogP) is 5.41. The van der Waals surface area contributed by atoms with Gasteiger partial charge in [-0.3, -0.25) is 9.59 Å². The van der Waals surface area contributed by atoms with Gasteiger partial charge >= 0.3 is 0 Å². The van der Waals surface area contributed by atoms with Crippen LogP contribution in [0.2, 0.25) is 0 Å². The smallest absolute Gasteiger partial charge is 0.258 e. The Morgan fingerprint density at radius 2 is 1.67 bits per heavy atom. The molecule has 3 aromatic rings. The Morgan fingerprint density at radius 1 is 0.967 bits per heavy atom. The van der Waals surface area contributed by atoms with Gasteiger partial charge in [0.15, 0.2) is 0 Å². The number of rotatable bonds is 5. The molecule has 0 saturated heterocycles. The number of hydrogen-bond donors (Lipinski definition) is 1. The third-order valence-corrected chi connectivity index (χ3v) is 5.66. The van der Waals surface area contributed by atoms with E-state index in [2.05, 4.69) is 5.32 Å². The molecule has 152 valence electrons. The molecule has 1 heterocycles. The number of carbonyl (C=O) groups is 2. The zero-order chi connectivity index (χ0) is 20.9. The molecule has 0 aromatic heterocycles. The summed E-state index contributed by atoms with van der Waals surface area (Å²) in [7, 11) is 0. The van der Waals surface area contributed by atoms with E-state index in [9.17, 15) is 9.59 Å². The van der Waals surface area contributed by atoms with Crippen LogP contribution in [0.1, 0.15) is 47.2 Å². The van der Waals surface area contributed by atoms with E-state index in [0.29, 0.717) is 12.1 Å². The normalized spacial score (nSPS) is 14.0. The SMILES string of the molecule is CCC(C(=O)Nc1ccc2c(c1)N(C(=O)c1ccccc1)CCC2)c1ccccc1. The van der Waals surface area contributed by atoms with Gasteiger partial charge in [-0.2, -0.15) is 0 Å². The zero-order valence-corrected chi connectivity index (χ0v) is 17.2. The zero-order valence-electron chi connectivity index (χ0n) is 17.2. The molecule has 4 nitrogen and oxygen atoms in total. The summed E-state index contributed by atoms with van der Waals surface area (Å²) in [5, 5.41) is 3.06. The van der Waals surface area contributed by atoms with Crippen LogP contribution >= 0.6 is 0 Å². The predicted molar refractivity (Wildman–Crippen MR) is 121 cm³/mol. The first-order valence-electron chi connectivity index (χ1n) is 10.5. The average Bonchev–Trinajstić information content (AvgIpc) is 2.80. The van der Waals surface area contributed by atoms with Crippen LogP contribution in [0.15, 0.2) is 78.9 Å². The molecule has 0 radical (unpaired) electrons. The van der Waals surface area contributed by atoms with E-state index in [-0.39, 0.29) is 17.7 Å². The van der Waals surface area contributed by atoms with E-state index in [0.717, 1.165) is 41.8 Å². The van der Waals surface area contributed by atoms with Crippen molar-refractivity contribution in [1.29, 1.82) is 0 Å². The van der Waals surface area contributed by atoms with Crippen molar-refractivity contribution < 1.29 is 9.59 Å². The first-order valence-corrected chi connectivity index (χ1v) is 10.5. The second kappa shape index (κ2) is 8.95. The molecule has 0 saturated carbocycles. The van der Waals surface area contributed by atoms with Gasteiger partial charge in [-0.05, 0) is 54.7 Å². The lowest BCUT2D eigenvalue weighted by molar-refractivity contribution is -0.117. The molecule has 0 bridgehead atoms. The van der Waals surface area contributed by atoms with Gasteiger partial charge < -0.3 is 10.2 Å². The van der Waals surface area contributed by atoms with E-state index >= 15 is 0 Å². The summed E-state index contributed by atoms with van der Waals surface area (Å²) in [6, 6.07) is 25.1. The van der Waals surface area contributed by atoms with Gasteiger partial charge in [0.05, 0.1) is 5.92 Å². The molecular formula is C26H26N2O2. The monoisotopic (exact) mass is 398 g/mol. The van der Waals surface area contributed by atoms with Crippen molar-refractivity contribution in [3.8, 4) is 0 Å². The molecule has 4 rings (SSSR count). The molecule has 0 fully saturated rings. The number of amides is 2. The molecule has 1 atom stereocenters. The van der Waals surface area contributed by atoms with Gasteiger partial charge in [-0.25, -0.2) is 0 Å². The van der Waals surface area contributed by atoms with Crippen molar-refractivity contribution in [2.75, 3.05) is 16.8 Å². The van der Waals surface area contributed by atoms with Gasteiger partial charge in [-0.1, -0.05) is 61.5 Å². The minimum atomic E-state index is -0.204. The summed E-state index contributed by atoms with van der Waals surface area (Å²) in [6.07, 6.45) is 2.59. The van der Waals surface area contributed by atoms with Crippen LogP contribution in [0, 0.1) is 0 Å². The fourth-order valence-electron chi connectivity index (χ4n) is 4.09. The number of anilines is 2. The van der Waals surface area contributed by atoms with Gasteiger partial charge in [0.25, 0.3) is 5.91 Å². The van der Waals surface area contributed by atoms with Crippen LogP contribution in [0.25, 0.3) is 0 Å². The van der Waals surface area contributed by atoms with Crippen LogP contribution in [0.3, 0.4) is 0 Å². The van der Waals surface area contributed by atoms with E-state index in [4.69, 9.17) is 0 Å². The van der Waals surface area contributed by atoms with Crippen molar-refractivity contribution in [2.45, 2.75) is 32.1 Å². The molecule has 2 amide bonds. The van der Waals surface area contributed by atoms with Crippen molar-refractivity contribution >= 4 is 23.2 Å². The number of nitrogens with zero attached hydrogens (tertiary/aromatic N) is 1. The molecule has 1 aliphatic heterocycles. The lowest BCUT2D eigenvalue weighted by atomic mass is 9.95. The highest BCUT2D eigenvalue weighted by atomic mass is 16.2. The molecule has 4 heteroatoms. The molecular weight excluding hydrogens is 372 g/mol. The fourth-order valence-corrected chi connectivity index (χ4v) is 4.09. The van der Waals surface area contributed by atoms with Gasteiger partial charge in [0, 0.05) is 23.5 Å². The number of fused-ring (bicyclic) bond motifs is 1. The van der Waals surface area contributed by atoms with E-state index < -0.39 is 0 Å². The molecule has 1 aliphatic rings. The van der Waals surface area contributed by atoms with Gasteiger partial charge in [0.1, 0.15) is 0 Å². The Hall–Kier alpha value is -3.40. The first-order chi connectivity index (χ1) is 14.7. The van der Waals surface area contributed by atoms with Crippen molar-refractivity contribution in [3.63, 3.8) is 0 Å². The number of aryl methyl sites for hydroxylation is 1. The topological polar surface area (TPSA) is 49.4 Å². The van der Waals surface area contributed by atoms with Gasteiger partial charge in [-0.15, -0.1) is 0 Å². The summed E-state index contributed by atoms with van der Waals surface area (Å²) < 4.78 is 0. The third kappa shape index (κ3) is 4.13. The van der Waals surface area contributed by atoms with E-state index in [1.807, 2.05) is 90.7 Å². The lowest BCUT2D eigenvalue weighted by Crippen LogP contribution is -2.35. The molecule has 30 heavy (non-hydrogen) atoms. The quantitative estimate of drug-likeness (QED) is 0.624. The maximum Gasteiger partial charge on any atom is 0.258 e. The van der Waals surface area contributed by atoms with E-state index in [1.54, 1.807) is 0 Å². The highest BCUT2D eigenvalue weighted by Gasteiger charge is 2.25. The number of carbonyl (C=O) groups excluding carboxylic acids is 2. The molecule has 0 aliphatic carbocycles. The summed E-state index contributed by atoms with van der Waals surface area (Å²) in [5.41, 5.74) is 4.44. The summed E-state index contributed by atoms with van der Waals surface area (Å²) >= 11 is 0. The third-order valence-electron chi connectivity index (χ3n) is 5.66. The standard InChI is InChI=1S/C26H26N2O2/c1-2-23(19-10-5-3-6-11-19)25(29)27-22-16-15-20-14-9-17-28(24(20)18-22)26(30)21-12-7-4-8-13-21/h3-8,10-13,15-16,18,23H,2,9,14,17H2,1H3,(H,27,29). The van der Waals surface area contributed by atoms with Crippen LogP contribution in [0.5, 0.6) is 0 Å². The Balaban J connectivity index is 1.58. The Kier molecular flexibility index (Phi) is 5.94. The van der Waals surface area contributed by atoms with Crippen molar-refractivity contribution in [2.24, 2.45) is 0 Å². The van der Waals surface area contributed by atoms with Crippen molar-refractivity contribution in [1.82, 2.24) is 0 Å². The van der Waals surface area contributed by atoms with Gasteiger partial charge in [0.2, 0.25) is 5.91 Å². The Bertz CT molecular complexity index is 1030. The second-order valence-corrected chi connectivity index (χ2v) is 7.63. The Labute approximate surface area is 177 Å². The highest BCUT2D eigenvalue weighted by Crippen LogP contribution is 2.32. The minimum Gasteiger partial charge on any atom is -0.325 e. The molecule has 0 spiro atoms. The van der Waals surface area contributed by atoms with E-state index in [1.165, 1.54) is 0 Å². The van der Waals surface area contributed by atoms with Crippen LogP contribution < -0.4 is 10.2 Å². The number of benzene rings is 3. The molecule has 1 unspecified atom stereocenters. The summed E-state index contributed by atoms with van der Waals surface area (Å²) in [6.45, 7) is 2.70. The second-order valence-electron chi connectivity index (χ2n) is 7.63. The number of hydrogen-bond acceptors (Lipinski definition) is 2. The maximum absolute atomic E-state index is 13.1.